The van der Waals surface area contributed by atoms with Crippen molar-refractivity contribution in [3.8, 4) is 0 Å². The van der Waals surface area contributed by atoms with Crippen molar-refractivity contribution in [2.75, 3.05) is 7.05 Å². The van der Waals surface area contributed by atoms with Crippen molar-refractivity contribution >= 4 is 20.9 Å². The second-order valence-electron chi connectivity index (χ2n) is 3.37. The predicted octanol–water partition coefficient (Wildman–Crippen LogP) is 1.63. The lowest BCUT2D eigenvalue weighted by molar-refractivity contribution is 0.417. The highest BCUT2D eigenvalue weighted by Crippen LogP contribution is 2.30. The van der Waals surface area contributed by atoms with E-state index in [9.17, 15) is 26.0 Å². The smallest absolute Gasteiger partial charge is 0.242 e. The number of fused-ring (bicyclic) bond motifs is 1. The highest BCUT2D eigenvalue weighted by atomic mass is 32.2. The lowest BCUT2D eigenvalue weighted by atomic mass is 10.2. The van der Waals surface area contributed by atoms with Gasteiger partial charge in [-0.05, 0) is 7.05 Å². The van der Waals surface area contributed by atoms with E-state index in [0.29, 0.717) is 0 Å². The minimum atomic E-state index is -4.13. The van der Waals surface area contributed by atoms with Crippen LogP contribution < -0.4 is 4.72 Å². The maximum absolute atomic E-state index is 13.5. The van der Waals surface area contributed by atoms with E-state index < -0.39 is 49.1 Å². The Bertz CT molecular complexity index is 739. The molecule has 0 aliphatic carbocycles. The van der Waals surface area contributed by atoms with Gasteiger partial charge in [-0.2, -0.15) is 0 Å². The zero-order chi connectivity index (χ0) is 13.7. The van der Waals surface area contributed by atoms with Crippen molar-refractivity contribution in [3.05, 3.63) is 29.5 Å². The van der Waals surface area contributed by atoms with Crippen LogP contribution in [0.15, 0.2) is 11.1 Å². The molecule has 1 aromatic heterocycles. The maximum Gasteiger partial charge on any atom is 0.242 e. The Kier molecular flexibility index (Phi) is 2.82. The summed E-state index contributed by atoms with van der Waals surface area (Å²) < 4.78 is 77.7. The zero-order valence-electron chi connectivity index (χ0n) is 8.81. The molecule has 2 aromatic rings. The first kappa shape index (κ1) is 12.8. The van der Waals surface area contributed by atoms with Gasteiger partial charge in [-0.3, -0.25) is 0 Å². The molecule has 98 valence electrons. The topological polar surface area (TPSA) is 62.0 Å². The summed E-state index contributed by atoms with van der Waals surface area (Å²) in [7, 11) is -3.08. The molecule has 0 saturated heterocycles. The van der Waals surface area contributed by atoms with Gasteiger partial charge in [0.05, 0.1) is 10.9 Å². The van der Waals surface area contributed by atoms with Crippen molar-refractivity contribution in [2.24, 2.45) is 0 Å². The minimum absolute atomic E-state index is 0.699. The SMILES string of the molecule is CNS(=O)(=O)c1c[nH]c2c(F)c(F)c(F)c(F)c12. The number of benzene rings is 1. The summed E-state index contributed by atoms with van der Waals surface area (Å²) in [5.74, 6) is -7.51. The van der Waals surface area contributed by atoms with E-state index in [2.05, 4.69) is 4.98 Å². The lowest BCUT2D eigenvalue weighted by Crippen LogP contribution is -2.18. The van der Waals surface area contributed by atoms with E-state index >= 15 is 0 Å². The Balaban J connectivity index is 3.00. The van der Waals surface area contributed by atoms with E-state index in [1.165, 1.54) is 0 Å². The third kappa shape index (κ3) is 1.58. The molecule has 2 rings (SSSR count). The van der Waals surface area contributed by atoms with Crippen LogP contribution in [0, 0.1) is 23.3 Å². The van der Waals surface area contributed by atoms with Crippen molar-refractivity contribution in [3.63, 3.8) is 0 Å². The van der Waals surface area contributed by atoms with Gasteiger partial charge in [0, 0.05) is 6.20 Å². The summed E-state index contributed by atoms with van der Waals surface area (Å²) >= 11 is 0. The van der Waals surface area contributed by atoms with Crippen molar-refractivity contribution in [1.29, 1.82) is 0 Å². The minimum Gasteiger partial charge on any atom is -0.357 e. The number of H-pyrrole nitrogens is 1. The number of hydrogen-bond donors (Lipinski definition) is 2. The quantitative estimate of drug-likeness (QED) is 0.499. The zero-order valence-corrected chi connectivity index (χ0v) is 9.63. The molecule has 0 fully saturated rings. The van der Waals surface area contributed by atoms with Crippen LogP contribution >= 0.6 is 0 Å². The summed E-state index contributed by atoms with van der Waals surface area (Å²) in [6.45, 7) is 0. The van der Waals surface area contributed by atoms with Gasteiger partial charge in [-0.15, -0.1) is 0 Å². The fourth-order valence-corrected chi connectivity index (χ4v) is 2.42. The first-order valence-electron chi connectivity index (χ1n) is 4.57. The van der Waals surface area contributed by atoms with Gasteiger partial charge in [0.2, 0.25) is 10.0 Å². The molecule has 0 atom stereocenters. The first-order valence-corrected chi connectivity index (χ1v) is 6.06. The molecule has 18 heavy (non-hydrogen) atoms. The van der Waals surface area contributed by atoms with Crippen molar-refractivity contribution < 1.29 is 26.0 Å². The Labute approximate surface area is 98.7 Å². The number of aromatic amines is 1. The van der Waals surface area contributed by atoms with Crippen LogP contribution in [0.3, 0.4) is 0 Å². The molecule has 0 unspecified atom stereocenters. The molecule has 0 spiro atoms. The number of sulfonamides is 1. The first-order chi connectivity index (χ1) is 8.31. The van der Waals surface area contributed by atoms with Gasteiger partial charge in [0.25, 0.3) is 0 Å². The second-order valence-corrected chi connectivity index (χ2v) is 5.22. The van der Waals surface area contributed by atoms with E-state index in [-0.39, 0.29) is 0 Å². The molecule has 0 aliphatic heterocycles. The molecular formula is C9H6F4N2O2S. The second kappa shape index (κ2) is 3.95. The Morgan fingerprint density at radius 2 is 1.61 bits per heavy atom. The molecule has 0 aliphatic rings. The monoisotopic (exact) mass is 282 g/mol. The summed E-state index contributed by atoms with van der Waals surface area (Å²) in [6, 6.07) is 0. The molecule has 1 aromatic carbocycles. The molecule has 9 heteroatoms. The summed E-state index contributed by atoms with van der Waals surface area (Å²) in [5.41, 5.74) is -0.750. The largest absolute Gasteiger partial charge is 0.357 e. The van der Waals surface area contributed by atoms with Gasteiger partial charge < -0.3 is 4.98 Å². The van der Waals surface area contributed by atoms with Gasteiger partial charge in [-0.25, -0.2) is 30.7 Å². The Morgan fingerprint density at radius 3 is 2.17 bits per heavy atom. The third-order valence-electron chi connectivity index (χ3n) is 2.42. The summed E-state index contributed by atoms with van der Waals surface area (Å²) in [6.07, 6.45) is 0.752. The Hall–Kier alpha value is -1.61. The molecule has 2 N–H and O–H groups in total. The fourth-order valence-electron chi connectivity index (χ4n) is 1.53. The Morgan fingerprint density at radius 1 is 1.06 bits per heavy atom. The molecule has 0 amide bonds. The van der Waals surface area contributed by atoms with Crippen LogP contribution in [0.4, 0.5) is 17.6 Å². The van der Waals surface area contributed by atoms with Crippen LogP contribution in [0.25, 0.3) is 10.9 Å². The number of aromatic nitrogens is 1. The fraction of sp³-hybridized carbons (Fsp3) is 0.111. The van der Waals surface area contributed by atoms with E-state index in [1.54, 1.807) is 0 Å². The van der Waals surface area contributed by atoms with Crippen LogP contribution in [0.2, 0.25) is 0 Å². The van der Waals surface area contributed by atoms with Gasteiger partial charge >= 0.3 is 0 Å². The highest BCUT2D eigenvalue weighted by Gasteiger charge is 2.27. The highest BCUT2D eigenvalue weighted by molar-refractivity contribution is 7.89. The van der Waals surface area contributed by atoms with Crippen LogP contribution in [-0.2, 0) is 10.0 Å². The van der Waals surface area contributed by atoms with Crippen LogP contribution in [0.5, 0.6) is 0 Å². The number of halogens is 4. The standard InChI is InChI=1S/C9H6F4N2O2S/c1-14-18(16,17)3-2-15-9-4(3)5(10)6(11)7(12)8(9)13/h2,14-15H,1H3. The van der Waals surface area contributed by atoms with Crippen molar-refractivity contribution in [1.82, 2.24) is 9.71 Å². The average molecular weight is 282 g/mol. The molecule has 0 saturated carbocycles. The molecule has 1 heterocycles. The molecular weight excluding hydrogens is 276 g/mol. The predicted molar refractivity (Wildman–Crippen MR) is 54.4 cm³/mol. The van der Waals surface area contributed by atoms with E-state index in [0.717, 1.165) is 13.2 Å². The summed E-state index contributed by atoms with van der Waals surface area (Å²) in [4.78, 5) is 1.37. The van der Waals surface area contributed by atoms with E-state index in [1.807, 2.05) is 4.72 Å². The molecule has 0 radical (unpaired) electrons. The molecule has 0 bridgehead atoms. The third-order valence-corrected chi connectivity index (χ3v) is 3.86. The van der Waals surface area contributed by atoms with Crippen LogP contribution in [-0.4, -0.2) is 20.4 Å². The molecule has 4 nitrogen and oxygen atoms in total. The summed E-state index contributed by atoms with van der Waals surface area (Å²) in [5, 5.41) is -0.860. The van der Waals surface area contributed by atoms with Crippen LogP contribution in [0.1, 0.15) is 0 Å². The van der Waals surface area contributed by atoms with Gasteiger partial charge in [-0.1, -0.05) is 0 Å². The van der Waals surface area contributed by atoms with E-state index in [4.69, 9.17) is 0 Å². The number of nitrogens with one attached hydrogen (secondary N) is 2. The number of rotatable bonds is 2. The van der Waals surface area contributed by atoms with Crippen molar-refractivity contribution in [2.45, 2.75) is 4.90 Å². The maximum atomic E-state index is 13.5. The van der Waals surface area contributed by atoms with Gasteiger partial charge in [0.15, 0.2) is 23.3 Å². The average Bonchev–Trinajstić information content (AvgIpc) is 2.79. The van der Waals surface area contributed by atoms with Gasteiger partial charge in [0.1, 0.15) is 4.90 Å². The normalized spacial score (nSPS) is 12.3. The lowest BCUT2D eigenvalue weighted by Gasteiger charge is -2.03. The number of hydrogen-bond acceptors (Lipinski definition) is 2.